The summed E-state index contributed by atoms with van der Waals surface area (Å²) in [6.07, 6.45) is 3.16. The summed E-state index contributed by atoms with van der Waals surface area (Å²) >= 11 is 0. The summed E-state index contributed by atoms with van der Waals surface area (Å²) in [6.45, 7) is 2.34. The maximum Gasteiger partial charge on any atom is 0.326 e. The molecule has 0 bridgehead atoms. The van der Waals surface area contributed by atoms with Crippen LogP contribution in [0.4, 0.5) is 5.69 Å². The monoisotopic (exact) mass is 295 g/mol. The van der Waals surface area contributed by atoms with Gasteiger partial charge in [-0.3, -0.25) is 14.9 Å². The Morgan fingerprint density at radius 3 is 2.81 bits per heavy atom. The van der Waals surface area contributed by atoms with Gasteiger partial charge in [0.15, 0.2) is 0 Å². The van der Waals surface area contributed by atoms with Gasteiger partial charge in [-0.1, -0.05) is 13.3 Å². The van der Waals surface area contributed by atoms with Gasteiger partial charge in [-0.05, 0) is 18.8 Å². The first-order valence-corrected chi connectivity index (χ1v) is 6.80. The number of aliphatic carboxylic acids is 1. The lowest BCUT2D eigenvalue weighted by Crippen LogP contribution is -2.50. The molecule has 0 spiro atoms. The van der Waals surface area contributed by atoms with E-state index in [1.54, 1.807) is 0 Å². The molecule has 2 atom stereocenters. The van der Waals surface area contributed by atoms with E-state index in [0.717, 1.165) is 25.1 Å². The highest BCUT2D eigenvalue weighted by Gasteiger charge is 2.36. The standard InChI is InChI=1S/C13H17N3O5/c1-2-8-3-4-15(11(5-8)13(18)19)12(17)10-6-9(7-14-10)16(20)21/h6-8,11,14H,2-5H2,1H3,(H,18,19). The van der Waals surface area contributed by atoms with Gasteiger partial charge in [0, 0.05) is 12.6 Å². The molecule has 1 aliphatic heterocycles. The second kappa shape index (κ2) is 5.94. The maximum atomic E-state index is 12.4. The van der Waals surface area contributed by atoms with Gasteiger partial charge in [0.25, 0.3) is 11.6 Å². The van der Waals surface area contributed by atoms with Crippen molar-refractivity contribution in [3.8, 4) is 0 Å². The number of nitrogens with one attached hydrogen (secondary N) is 1. The number of H-pyrrole nitrogens is 1. The van der Waals surface area contributed by atoms with Gasteiger partial charge in [0.05, 0.1) is 11.1 Å². The van der Waals surface area contributed by atoms with E-state index >= 15 is 0 Å². The van der Waals surface area contributed by atoms with Crippen molar-refractivity contribution in [2.75, 3.05) is 6.54 Å². The molecule has 2 N–H and O–H groups in total. The number of amides is 1. The zero-order valence-corrected chi connectivity index (χ0v) is 11.6. The predicted octanol–water partition coefficient (Wildman–Crippen LogP) is 1.64. The fourth-order valence-electron chi connectivity index (χ4n) is 2.65. The largest absolute Gasteiger partial charge is 0.480 e. The molecule has 1 aromatic heterocycles. The van der Waals surface area contributed by atoms with Crippen LogP contribution in [-0.2, 0) is 4.79 Å². The third-order valence-corrected chi connectivity index (χ3v) is 3.94. The molecule has 1 fully saturated rings. The Kier molecular flexibility index (Phi) is 4.25. The van der Waals surface area contributed by atoms with E-state index in [1.165, 1.54) is 4.90 Å². The minimum absolute atomic E-state index is 0.0444. The van der Waals surface area contributed by atoms with E-state index in [4.69, 9.17) is 0 Å². The van der Waals surface area contributed by atoms with Crippen molar-refractivity contribution in [2.24, 2.45) is 5.92 Å². The number of likely N-dealkylation sites (tertiary alicyclic amines) is 1. The molecule has 1 aromatic rings. The molecule has 0 radical (unpaired) electrons. The van der Waals surface area contributed by atoms with Crippen LogP contribution in [0, 0.1) is 16.0 Å². The van der Waals surface area contributed by atoms with Crippen LogP contribution in [0.1, 0.15) is 36.7 Å². The number of aromatic amines is 1. The van der Waals surface area contributed by atoms with Crippen LogP contribution < -0.4 is 0 Å². The third kappa shape index (κ3) is 3.04. The lowest BCUT2D eigenvalue weighted by atomic mass is 9.88. The molecule has 114 valence electrons. The summed E-state index contributed by atoms with van der Waals surface area (Å²) in [5.74, 6) is -1.26. The first kappa shape index (κ1) is 15.0. The first-order chi connectivity index (χ1) is 9.93. The Morgan fingerprint density at radius 1 is 1.57 bits per heavy atom. The van der Waals surface area contributed by atoms with Crippen molar-refractivity contribution >= 4 is 17.6 Å². The van der Waals surface area contributed by atoms with Crippen molar-refractivity contribution < 1.29 is 19.6 Å². The molecular weight excluding hydrogens is 278 g/mol. The Balaban J connectivity index is 2.19. The van der Waals surface area contributed by atoms with Crippen LogP contribution >= 0.6 is 0 Å². The number of hydrogen-bond acceptors (Lipinski definition) is 4. The van der Waals surface area contributed by atoms with Crippen LogP contribution in [0.3, 0.4) is 0 Å². The molecule has 2 unspecified atom stereocenters. The smallest absolute Gasteiger partial charge is 0.326 e. The summed E-state index contributed by atoms with van der Waals surface area (Å²) in [5, 5.41) is 19.9. The summed E-state index contributed by atoms with van der Waals surface area (Å²) in [4.78, 5) is 37.6. The van der Waals surface area contributed by atoms with E-state index in [9.17, 15) is 24.8 Å². The molecule has 1 amide bonds. The molecular formula is C13H17N3O5. The highest BCUT2D eigenvalue weighted by Crippen LogP contribution is 2.27. The Bertz CT molecular complexity index is 568. The van der Waals surface area contributed by atoms with Crippen molar-refractivity contribution in [1.29, 1.82) is 0 Å². The van der Waals surface area contributed by atoms with Crippen LogP contribution in [0.2, 0.25) is 0 Å². The first-order valence-electron chi connectivity index (χ1n) is 6.80. The number of nitrogens with zero attached hydrogens (tertiary/aromatic N) is 2. The Labute approximate surface area is 120 Å². The topological polar surface area (TPSA) is 117 Å². The van der Waals surface area contributed by atoms with Crippen molar-refractivity contribution in [3.05, 3.63) is 28.1 Å². The van der Waals surface area contributed by atoms with Gasteiger partial charge in [0.1, 0.15) is 11.7 Å². The van der Waals surface area contributed by atoms with Crippen LogP contribution in [0.5, 0.6) is 0 Å². The molecule has 21 heavy (non-hydrogen) atoms. The molecule has 0 aromatic carbocycles. The zero-order valence-electron chi connectivity index (χ0n) is 11.6. The zero-order chi connectivity index (χ0) is 15.6. The summed E-state index contributed by atoms with van der Waals surface area (Å²) < 4.78 is 0. The minimum atomic E-state index is -1.04. The average molecular weight is 295 g/mol. The van der Waals surface area contributed by atoms with Crippen LogP contribution in [-0.4, -0.2) is 44.4 Å². The lowest BCUT2D eigenvalue weighted by molar-refractivity contribution is -0.384. The van der Waals surface area contributed by atoms with E-state index < -0.39 is 22.8 Å². The van der Waals surface area contributed by atoms with E-state index in [1.807, 2.05) is 6.92 Å². The van der Waals surface area contributed by atoms with Gasteiger partial charge in [-0.25, -0.2) is 4.79 Å². The SMILES string of the molecule is CCC1CCN(C(=O)c2cc([N+](=O)[O-])c[nH]2)C(C(=O)O)C1. The molecule has 2 heterocycles. The van der Waals surface area contributed by atoms with Crippen molar-refractivity contribution in [3.63, 3.8) is 0 Å². The van der Waals surface area contributed by atoms with Gasteiger partial charge < -0.3 is 15.0 Å². The highest BCUT2D eigenvalue weighted by molar-refractivity contribution is 5.95. The predicted molar refractivity (Wildman–Crippen MR) is 72.9 cm³/mol. The second-order valence-corrected chi connectivity index (χ2v) is 5.18. The van der Waals surface area contributed by atoms with Gasteiger partial charge in [-0.15, -0.1) is 0 Å². The number of piperidine rings is 1. The number of carbonyl (C=O) groups excluding carboxylic acids is 1. The van der Waals surface area contributed by atoms with Crippen LogP contribution in [0.15, 0.2) is 12.3 Å². The number of carboxylic acids is 1. The number of aromatic nitrogens is 1. The number of hydrogen-bond donors (Lipinski definition) is 2. The molecule has 2 rings (SSSR count). The van der Waals surface area contributed by atoms with Gasteiger partial charge >= 0.3 is 5.97 Å². The lowest BCUT2D eigenvalue weighted by Gasteiger charge is -2.36. The van der Waals surface area contributed by atoms with Gasteiger partial charge in [0.2, 0.25) is 0 Å². The van der Waals surface area contributed by atoms with E-state index in [0.29, 0.717) is 13.0 Å². The maximum absolute atomic E-state index is 12.4. The quantitative estimate of drug-likeness (QED) is 0.647. The number of nitro groups is 1. The Hall–Kier alpha value is -2.38. The van der Waals surface area contributed by atoms with E-state index in [-0.39, 0.29) is 17.3 Å². The van der Waals surface area contributed by atoms with E-state index in [2.05, 4.69) is 4.98 Å². The molecule has 0 aliphatic carbocycles. The summed E-state index contributed by atoms with van der Waals surface area (Å²) in [5.41, 5.74) is -0.170. The fourth-order valence-corrected chi connectivity index (χ4v) is 2.65. The molecule has 8 heteroatoms. The number of carboxylic acid groups (broad SMARTS) is 1. The summed E-state index contributed by atoms with van der Waals surface area (Å²) in [6, 6.07) is 0.256. The molecule has 0 saturated carbocycles. The number of rotatable bonds is 4. The Morgan fingerprint density at radius 2 is 2.29 bits per heavy atom. The van der Waals surface area contributed by atoms with Crippen LogP contribution in [0.25, 0.3) is 0 Å². The average Bonchev–Trinajstić information content (AvgIpc) is 2.95. The molecule has 8 nitrogen and oxygen atoms in total. The normalized spacial score (nSPS) is 22.0. The minimum Gasteiger partial charge on any atom is -0.480 e. The molecule has 1 saturated heterocycles. The van der Waals surface area contributed by atoms with Crippen molar-refractivity contribution in [1.82, 2.24) is 9.88 Å². The fraction of sp³-hybridized carbons (Fsp3) is 0.538. The van der Waals surface area contributed by atoms with Crippen molar-refractivity contribution in [2.45, 2.75) is 32.2 Å². The number of carbonyl (C=O) groups is 2. The summed E-state index contributed by atoms with van der Waals surface area (Å²) in [7, 11) is 0. The van der Waals surface area contributed by atoms with Gasteiger partial charge in [-0.2, -0.15) is 0 Å². The molecule has 1 aliphatic rings. The third-order valence-electron chi connectivity index (χ3n) is 3.94. The second-order valence-electron chi connectivity index (χ2n) is 5.18. The highest BCUT2D eigenvalue weighted by atomic mass is 16.6.